The van der Waals surface area contributed by atoms with Crippen LogP contribution in [0.25, 0.3) is 10.2 Å². The maximum atomic E-state index is 12.2. The zero-order chi connectivity index (χ0) is 16.4. The Balaban J connectivity index is 1.70. The molecule has 2 amide bonds. The van der Waals surface area contributed by atoms with Gasteiger partial charge in [-0.15, -0.1) is 0 Å². The van der Waals surface area contributed by atoms with Gasteiger partial charge >= 0.3 is 0 Å². The second-order valence-corrected chi connectivity index (χ2v) is 6.46. The zero-order valence-electron chi connectivity index (χ0n) is 12.7. The van der Waals surface area contributed by atoms with Gasteiger partial charge in [0.15, 0.2) is 5.13 Å². The van der Waals surface area contributed by atoms with Crippen LogP contribution in [0.15, 0.2) is 18.2 Å². The molecule has 122 valence electrons. The maximum absolute atomic E-state index is 12.2. The molecule has 0 radical (unpaired) electrons. The van der Waals surface area contributed by atoms with E-state index in [9.17, 15) is 9.59 Å². The normalized spacial score (nSPS) is 20.6. The van der Waals surface area contributed by atoms with Crippen molar-refractivity contribution in [1.82, 2.24) is 4.98 Å². The van der Waals surface area contributed by atoms with Gasteiger partial charge in [-0.1, -0.05) is 11.3 Å². The van der Waals surface area contributed by atoms with Gasteiger partial charge in [-0.25, -0.2) is 4.98 Å². The average molecular weight is 334 g/mol. The summed E-state index contributed by atoms with van der Waals surface area (Å²) in [4.78, 5) is 27.6. The van der Waals surface area contributed by atoms with E-state index in [0.29, 0.717) is 23.8 Å². The number of anilines is 2. The van der Waals surface area contributed by atoms with Crippen LogP contribution in [-0.2, 0) is 14.3 Å². The number of thiazole rings is 1. The highest BCUT2D eigenvalue weighted by Crippen LogP contribution is 2.29. The predicted octanol–water partition coefficient (Wildman–Crippen LogP) is 1.70. The van der Waals surface area contributed by atoms with Crippen LogP contribution in [0, 0.1) is 0 Å². The van der Waals surface area contributed by atoms with Gasteiger partial charge in [0.25, 0.3) is 5.91 Å². The minimum atomic E-state index is -0.448. The number of benzene rings is 1. The molecule has 1 aliphatic rings. The average Bonchev–Trinajstić information content (AvgIpc) is 3.11. The van der Waals surface area contributed by atoms with Crippen molar-refractivity contribution in [1.29, 1.82) is 0 Å². The lowest BCUT2D eigenvalue weighted by atomic mass is 10.2. The third-order valence-electron chi connectivity index (χ3n) is 3.60. The Morgan fingerprint density at radius 1 is 1.39 bits per heavy atom. The molecule has 0 unspecified atom stereocenters. The minimum absolute atomic E-state index is 0.0325. The summed E-state index contributed by atoms with van der Waals surface area (Å²) < 4.78 is 6.47. The van der Waals surface area contributed by atoms with E-state index in [1.54, 1.807) is 6.07 Å². The van der Waals surface area contributed by atoms with Gasteiger partial charge in [0.1, 0.15) is 6.10 Å². The van der Waals surface area contributed by atoms with E-state index in [-0.39, 0.29) is 17.9 Å². The number of fused-ring (bicyclic) bond motifs is 1. The fourth-order valence-electron chi connectivity index (χ4n) is 2.50. The van der Waals surface area contributed by atoms with Crippen LogP contribution in [0.1, 0.15) is 19.8 Å². The Morgan fingerprint density at radius 2 is 2.22 bits per heavy atom. The number of aromatic nitrogens is 1. The zero-order valence-corrected chi connectivity index (χ0v) is 13.5. The van der Waals surface area contributed by atoms with Gasteiger partial charge in [-0.05, 0) is 31.0 Å². The van der Waals surface area contributed by atoms with Gasteiger partial charge in [0.2, 0.25) is 5.91 Å². The van der Waals surface area contributed by atoms with Crippen molar-refractivity contribution in [2.75, 3.05) is 17.2 Å². The SMILES string of the molecule is CC(=O)Nc1nc2ccc(NC(=O)[C@@H]3CC[C@H](CN)O3)cc2s1. The van der Waals surface area contributed by atoms with Gasteiger partial charge in [0, 0.05) is 19.2 Å². The van der Waals surface area contributed by atoms with Crippen LogP contribution in [-0.4, -0.2) is 35.6 Å². The number of carbonyl (C=O) groups is 2. The van der Waals surface area contributed by atoms with Crippen molar-refractivity contribution in [3.8, 4) is 0 Å². The number of nitrogens with one attached hydrogen (secondary N) is 2. The summed E-state index contributed by atoms with van der Waals surface area (Å²) in [5.74, 6) is -0.322. The standard InChI is InChI=1S/C15H18N4O3S/c1-8(20)17-15-19-11-4-2-9(6-13(11)23-15)18-14(21)12-5-3-10(7-16)22-12/h2,4,6,10,12H,3,5,7,16H2,1H3,(H,18,21)(H,17,19,20)/t10-,12+/m1/s1. The van der Waals surface area contributed by atoms with E-state index in [4.69, 9.17) is 10.5 Å². The molecule has 2 heterocycles. The molecule has 3 rings (SSSR count). The summed E-state index contributed by atoms with van der Waals surface area (Å²) in [5.41, 5.74) is 7.01. The largest absolute Gasteiger partial charge is 0.364 e. The summed E-state index contributed by atoms with van der Waals surface area (Å²) in [6, 6.07) is 5.43. The summed E-state index contributed by atoms with van der Waals surface area (Å²) >= 11 is 1.36. The molecule has 2 aromatic rings. The molecule has 0 bridgehead atoms. The molecule has 23 heavy (non-hydrogen) atoms. The molecule has 1 aromatic heterocycles. The second-order valence-electron chi connectivity index (χ2n) is 5.43. The summed E-state index contributed by atoms with van der Waals surface area (Å²) in [6.45, 7) is 1.87. The topological polar surface area (TPSA) is 106 Å². The van der Waals surface area contributed by atoms with E-state index in [1.165, 1.54) is 18.3 Å². The first-order chi connectivity index (χ1) is 11.0. The van der Waals surface area contributed by atoms with E-state index in [2.05, 4.69) is 15.6 Å². The van der Waals surface area contributed by atoms with Crippen LogP contribution in [0.5, 0.6) is 0 Å². The Morgan fingerprint density at radius 3 is 2.91 bits per heavy atom. The number of hydrogen-bond acceptors (Lipinski definition) is 6. The van der Waals surface area contributed by atoms with Crippen molar-refractivity contribution in [3.63, 3.8) is 0 Å². The Kier molecular flexibility index (Phi) is 4.56. The lowest BCUT2D eigenvalue weighted by Crippen LogP contribution is -2.29. The lowest BCUT2D eigenvalue weighted by molar-refractivity contribution is -0.126. The molecule has 0 aliphatic carbocycles. The smallest absolute Gasteiger partial charge is 0.253 e. The molecule has 0 saturated carbocycles. The predicted molar refractivity (Wildman–Crippen MR) is 89.5 cm³/mol. The van der Waals surface area contributed by atoms with E-state index in [0.717, 1.165) is 16.6 Å². The monoisotopic (exact) mass is 334 g/mol. The van der Waals surface area contributed by atoms with Crippen LogP contribution in [0.2, 0.25) is 0 Å². The van der Waals surface area contributed by atoms with Gasteiger partial charge in [0.05, 0.1) is 16.3 Å². The van der Waals surface area contributed by atoms with Gasteiger partial charge in [-0.3, -0.25) is 9.59 Å². The first kappa shape index (κ1) is 15.9. The quantitative estimate of drug-likeness (QED) is 0.789. The number of hydrogen-bond donors (Lipinski definition) is 3. The summed E-state index contributed by atoms with van der Waals surface area (Å²) in [6.07, 6.45) is 1.01. The van der Waals surface area contributed by atoms with E-state index < -0.39 is 6.10 Å². The third kappa shape index (κ3) is 3.66. The molecule has 0 spiro atoms. The molecule has 7 nitrogen and oxygen atoms in total. The van der Waals surface area contributed by atoms with Crippen LogP contribution < -0.4 is 16.4 Å². The summed E-state index contributed by atoms with van der Waals surface area (Å²) in [7, 11) is 0. The third-order valence-corrected chi connectivity index (χ3v) is 4.54. The van der Waals surface area contributed by atoms with Crippen LogP contribution in [0.4, 0.5) is 10.8 Å². The molecule has 4 N–H and O–H groups in total. The Bertz CT molecular complexity index is 745. The highest BCUT2D eigenvalue weighted by atomic mass is 32.1. The van der Waals surface area contributed by atoms with Crippen molar-refractivity contribution in [3.05, 3.63) is 18.2 Å². The molecule has 1 saturated heterocycles. The Hall–Kier alpha value is -2.03. The Labute approximate surface area is 137 Å². The molecule has 2 atom stereocenters. The first-order valence-electron chi connectivity index (χ1n) is 7.39. The molecule has 1 aliphatic heterocycles. The molecule has 1 fully saturated rings. The van der Waals surface area contributed by atoms with Crippen molar-refractivity contribution in [2.24, 2.45) is 5.73 Å². The fourth-order valence-corrected chi connectivity index (χ4v) is 3.45. The maximum Gasteiger partial charge on any atom is 0.253 e. The van der Waals surface area contributed by atoms with Crippen molar-refractivity contribution < 1.29 is 14.3 Å². The highest BCUT2D eigenvalue weighted by molar-refractivity contribution is 7.22. The minimum Gasteiger partial charge on any atom is -0.364 e. The lowest BCUT2D eigenvalue weighted by Gasteiger charge is -2.12. The highest BCUT2D eigenvalue weighted by Gasteiger charge is 2.29. The fraction of sp³-hybridized carbons (Fsp3) is 0.400. The molecule has 8 heteroatoms. The number of carbonyl (C=O) groups excluding carboxylic acids is 2. The number of ether oxygens (including phenoxy) is 1. The number of nitrogens with zero attached hydrogens (tertiary/aromatic N) is 1. The molecule has 1 aromatic carbocycles. The second kappa shape index (κ2) is 6.61. The molecular weight excluding hydrogens is 316 g/mol. The van der Waals surface area contributed by atoms with Gasteiger partial charge in [-0.2, -0.15) is 0 Å². The van der Waals surface area contributed by atoms with Crippen LogP contribution in [0.3, 0.4) is 0 Å². The first-order valence-corrected chi connectivity index (χ1v) is 8.21. The van der Waals surface area contributed by atoms with Crippen molar-refractivity contribution in [2.45, 2.75) is 32.0 Å². The van der Waals surface area contributed by atoms with Gasteiger partial charge < -0.3 is 21.1 Å². The van der Waals surface area contributed by atoms with Crippen molar-refractivity contribution >= 4 is 44.2 Å². The van der Waals surface area contributed by atoms with E-state index >= 15 is 0 Å². The molecular formula is C15H18N4O3S. The number of amides is 2. The number of nitrogens with two attached hydrogens (primary N) is 1. The van der Waals surface area contributed by atoms with E-state index in [1.807, 2.05) is 12.1 Å². The summed E-state index contributed by atoms with van der Waals surface area (Å²) in [5, 5.41) is 6.06. The number of rotatable bonds is 4. The van der Waals surface area contributed by atoms with Crippen LogP contribution >= 0.6 is 11.3 Å².